The highest BCUT2D eigenvalue weighted by Gasteiger charge is 2.49. The van der Waals surface area contributed by atoms with Crippen LogP contribution < -0.4 is 11.1 Å². The second-order valence-corrected chi connectivity index (χ2v) is 7.84. The molecule has 4 rings (SSSR count). The molecule has 140 valence electrons. The van der Waals surface area contributed by atoms with Crippen LogP contribution in [0.4, 0.5) is 10.1 Å². The summed E-state index contributed by atoms with van der Waals surface area (Å²) in [5.74, 6) is -0.0339. The molecule has 2 atom stereocenters. The third kappa shape index (κ3) is 3.40. The molecule has 1 aromatic carbocycles. The number of hydrogen-bond donors (Lipinski definition) is 2. The number of carbonyl (C=O) groups is 1. The third-order valence-corrected chi connectivity index (χ3v) is 5.92. The van der Waals surface area contributed by atoms with Crippen LogP contribution in [0.1, 0.15) is 15.9 Å². The second-order valence-electron chi connectivity index (χ2n) is 6.42. The first-order chi connectivity index (χ1) is 13.0. The zero-order chi connectivity index (χ0) is 19.0. The van der Waals surface area contributed by atoms with Crippen LogP contribution in [0, 0.1) is 11.7 Å². The van der Waals surface area contributed by atoms with Crippen LogP contribution in [0.3, 0.4) is 0 Å². The van der Waals surface area contributed by atoms with Gasteiger partial charge in [-0.25, -0.2) is 14.4 Å². The van der Waals surface area contributed by atoms with E-state index in [1.807, 2.05) is 0 Å². The van der Waals surface area contributed by atoms with Crippen molar-refractivity contribution in [1.82, 2.24) is 4.98 Å². The lowest BCUT2D eigenvalue weighted by atomic mass is 9.81. The Kier molecular flexibility index (Phi) is 4.79. The van der Waals surface area contributed by atoms with Crippen LogP contribution in [0.5, 0.6) is 0 Å². The summed E-state index contributed by atoms with van der Waals surface area (Å²) in [7, 11) is 0. The molecule has 1 saturated heterocycles. The molecule has 0 unspecified atom stereocenters. The summed E-state index contributed by atoms with van der Waals surface area (Å²) in [5, 5.41) is 3.47. The minimum Gasteiger partial charge on any atom is -0.379 e. The van der Waals surface area contributed by atoms with Crippen molar-refractivity contribution in [2.45, 2.75) is 5.54 Å². The summed E-state index contributed by atoms with van der Waals surface area (Å²) in [6.45, 7) is 0.755. The number of carbonyl (C=O) groups excluding carboxylic acids is 1. The average molecular weight is 407 g/mol. The summed E-state index contributed by atoms with van der Waals surface area (Å²) in [6.07, 6.45) is 1.38. The van der Waals surface area contributed by atoms with Gasteiger partial charge in [0, 0.05) is 29.1 Å². The number of pyridine rings is 1. The van der Waals surface area contributed by atoms with Crippen molar-refractivity contribution in [3.63, 3.8) is 0 Å². The molecule has 3 heterocycles. The third-order valence-electron chi connectivity index (χ3n) is 4.74. The number of thioether (sulfide) groups is 1. The van der Waals surface area contributed by atoms with E-state index in [1.165, 1.54) is 36.2 Å². The Bertz CT molecular complexity index is 924. The van der Waals surface area contributed by atoms with Crippen LogP contribution in [-0.4, -0.2) is 35.0 Å². The molecule has 1 aromatic heterocycles. The average Bonchev–Trinajstić information content (AvgIpc) is 3.07. The van der Waals surface area contributed by atoms with Gasteiger partial charge in [0.15, 0.2) is 5.17 Å². The predicted molar refractivity (Wildman–Crippen MR) is 104 cm³/mol. The molecule has 0 saturated carbocycles. The first-order valence-electron chi connectivity index (χ1n) is 8.27. The standard InChI is InChI=1S/C18H16ClFN4O2S/c19-15-4-1-10(6-22-15)16(25)23-12-2-3-14(20)13(5-12)18-9-26-7-11(18)8-27-17(21)24-18/h1-6,11H,7-9H2,(H2,21,24)(H,23,25)/t11-,18-/m0/s1. The van der Waals surface area contributed by atoms with Gasteiger partial charge < -0.3 is 15.8 Å². The van der Waals surface area contributed by atoms with Crippen molar-refractivity contribution in [1.29, 1.82) is 0 Å². The molecule has 2 aliphatic heterocycles. The number of benzene rings is 1. The van der Waals surface area contributed by atoms with Crippen LogP contribution in [0.2, 0.25) is 5.15 Å². The number of aromatic nitrogens is 1. The van der Waals surface area contributed by atoms with Crippen molar-refractivity contribution >= 4 is 40.1 Å². The molecule has 3 N–H and O–H groups in total. The van der Waals surface area contributed by atoms with Gasteiger partial charge in [-0.2, -0.15) is 0 Å². The normalized spacial score (nSPS) is 24.2. The smallest absolute Gasteiger partial charge is 0.257 e. The van der Waals surface area contributed by atoms with Gasteiger partial charge in [0.1, 0.15) is 16.5 Å². The Hall–Kier alpha value is -2.16. The van der Waals surface area contributed by atoms with Crippen molar-refractivity contribution in [3.8, 4) is 0 Å². The summed E-state index contributed by atoms with van der Waals surface area (Å²) >= 11 is 7.19. The maximum Gasteiger partial charge on any atom is 0.257 e. The van der Waals surface area contributed by atoms with Gasteiger partial charge in [0.2, 0.25) is 0 Å². The monoisotopic (exact) mass is 406 g/mol. The van der Waals surface area contributed by atoms with Crippen molar-refractivity contribution < 1.29 is 13.9 Å². The fourth-order valence-electron chi connectivity index (χ4n) is 3.34. The quantitative estimate of drug-likeness (QED) is 0.765. The number of rotatable bonds is 3. The highest BCUT2D eigenvalue weighted by Crippen LogP contribution is 2.45. The van der Waals surface area contributed by atoms with Gasteiger partial charge in [-0.15, -0.1) is 0 Å². The second kappa shape index (κ2) is 7.10. The van der Waals surface area contributed by atoms with Gasteiger partial charge >= 0.3 is 0 Å². The number of halogens is 2. The Morgan fingerprint density at radius 1 is 1.41 bits per heavy atom. The topological polar surface area (TPSA) is 89.6 Å². The van der Waals surface area contributed by atoms with E-state index in [0.717, 1.165) is 0 Å². The van der Waals surface area contributed by atoms with Crippen molar-refractivity contribution in [2.24, 2.45) is 16.6 Å². The summed E-state index contributed by atoms with van der Waals surface area (Å²) in [4.78, 5) is 20.9. The molecule has 0 radical (unpaired) electrons. The number of fused-ring (bicyclic) bond motifs is 1. The predicted octanol–water partition coefficient (Wildman–Crippen LogP) is 3.03. The highest BCUT2D eigenvalue weighted by molar-refractivity contribution is 8.13. The first kappa shape index (κ1) is 18.2. The number of nitrogens with one attached hydrogen (secondary N) is 1. The van der Waals surface area contributed by atoms with Crippen molar-refractivity contribution in [3.05, 3.63) is 58.6 Å². The van der Waals surface area contributed by atoms with Gasteiger partial charge in [-0.3, -0.25) is 4.79 Å². The molecule has 1 amide bonds. The minimum atomic E-state index is -0.859. The lowest BCUT2D eigenvalue weighted by Gasteiger charge is -2.34. The molecule has 2 aromatic rings. The number of nitrogens with two attached hydrogens (primary N) is 1. The molecule has 6 nitrogen and oxygen atoms in total. The Balaban J connectivity index is 1.67. The van der Waals surface area contributed by atoms with E-state index in [1.54, 1.807) is 12.1 Å². The number of nitrogens with zero attached hydrogens (tertiary/aromatic N) is 2. The zero-order valence-electron chi connectivity index (χ0n) is 14.1. The molecule has 27 heavy (non-hydrogen) atoms. The van der Waals surface area contributed by atoms with Crippen molar-refractivity contribution in [2.75, 3.05) is 24.3 Å². The number of hydrogen-bond acceptors (Lipinski definition) is 6. The van der Waals surface area contributed by atoms with E-state index < -0.39 is 11.4 Å². The van der Waals surface area contributed by atoms with Gasteiger partial charge in [0.05, 0.1) is 18.8 Å². The number of amides is 1. The number of amidine groups is 1. The fourth-order valence-corrected chi connectivity index (χ4v) is 4.43. The van der Waals surface area contributed by atoms with E-state index >= 15 is 0 Å². The van der Waals surface area contributed by atoms with Gasteiger partial charge in [-0.05, 0) is 30.3 Å². The molecule has 9 heteroatoms. The molecule has 1 fully saturated rings. The first-order valence-corrected chi connectivity index (χ1v) is 9.63. The molecule has 0 spiro atoms. The number of aliphatic imine (C=N–C) groups is 1. The maximum absolute atomic E-state index is 14.7. The van der Waals surface area contributed by atoms with E-state index in [2.05, 4.69) is 15.3 Å². The fraction of sp³-hybridized carbons (Fsp3) is 0.278. The van der Waals surface area contributed by atoms with Crippen LogP contribution in [-0.2, 0) is 10.3 Å². The maximum atomic E-state index is 14.7. The number of anilines is 1. The number of ether oxygens (including phenoxy) is 1. The lowest BCUT2D eigenvalue weighted by Crippen LogP contribution is -2.40. The molecular formula is C18H16ClFN4O2S. The molecule has 0 bridgehead atoms. The van der Waals surface area contributed by atoms with Crippen LogP contribution in [0.15, 0.2) is 41.5 Å². The summed E-state index contributed by atoms with van der Waals surface area (Å²) in [6, 6.07) is 7.53. The SMILES string of the molecule is NC1=N[C@@]2(c3cc(NC(=O)c4ccc(Cl)nc4)ccc3F)COC[C@H]2CS1. The Labute approximate surface area is 164 Å². The highest BCUT2D eigenvalue weighted by atomic mass is 35.5. The van der Waals surface area contributed by atoms with E-state index in [-0.39, 0.29) is 18.4 Å². The van der Waals surface area contributed by atoms with E-state index in [0.29, 0.717) is 39.5 Å². The largest absolute Gasteiger partial charge is 0.379 e. The van der Waals surface area contributed by atoms with E-state index in [4.69, 9.17) is 22.1 Å². The van der Waals surface area contributed by atoms with Crippen LogP contribution >= 0.6 is 23.4 Å². The summed E-state index contributed by atoms with van der Waals surface area (Å²) in [5.41, 5.74) is 6.24. The Morgan fingerprint density at radius 3 is 3.04 bits per heavy atom. The molecule has 2 aliphatic rings. The van der Waals surface area contributed by atoms with Gasteiger partial charge in [0.25, 0.3) is 5.91 Å². The van der Waals surface area contributed by atoms with Crippen LogP contribution in [0.25, 0.3) is 0 Å². The Morgan fingerprint density at radius 2 is 2.26 bits per heavy atom. The zero-order valence-corrected chi connectivity index (χ0v) is 15.7. The molecular weight excluding hydrogens is 391 g/mol. The molecule has 0 aliphatic carbocycles. The van der Waals surface area contributed by atoms with Gasteiger partial charge in [-0.1, -0.05) is 23.4 Å². The summed E-state index contributed by atoms with van der Waals surface area (Å²) < 4.78 is 20.3. The lowest BCUT2D eigenvalue weighted by molar-refractivity contribution is 0.102. The minimum absolute atomic E-state index is 0.0238. The van der Waals surface area contributed by atoms with E-state index in [9.17, 15) is 9.18 Å².